The van der Waals surface area contributed by atoms with Crippen LogP contribution in [0, 0.1) is 31.6 Å². The highest BCUT2D eigenvalue weighted by molar-refractivity contribution is 6.22. The van der Waals surface area contributed by atoms with Gasteiger partial charge in [0.05, 0.1) is 23.1 Å². The Kier molecular flexibility index (Phi) is 5.96. The minimum atomic E-state index is -0.628. The van der Waals surface area contributed by atoms with Crippen LogP contribution in [0.25, 0.3) is 0 Å². The van der Waals surface area contributed by atoms with Gasteiger partial charge in [-0.15, -0.1) is 0 Å². The molecule has 4 rings (SSSR count). The monoisotopic (exact) mass is 433 g/mol. The number of carbonyl (C=O) groups is 4. The molecule has 3 unspecified atom stereocenters. The molecule has 6 heteroatoms. The van der Waals surface area contributed by atoms with Gasteiger partial charge >= 0.3 is 5.97 Å². The van der Waals surface area contributed by atoms with Gasteiger partial charge in [0.1, 0.15) is 0 Å². The van der Waals surface area contributed by atoms with E-state index in [1.165, 1.54) is 17.0 Å². The van der Waals surface area contributed by atoms with Crippen LogP contribution >= 0.6 is 0 Å². The van der Waals surface area contributed by atoms with Crippen molar-refractivity contribution in [3.63, 3.8) is 0 Å². The van der Waals surface area contributed by atoms with E-state index in [1.807, 2.05) is 26.0 Å². The number of nitrogens with zero attached hydrogens (tertiary/aromatic N) is 1. The average molecular weight is 434 g/mol. The summed E-state index contributed by atoms with van der Waals surface area (Å²) in [7, 11) is 0. The number of amides is 2. The summed E-state index contributed by atoms with van der Waals surface area (Å²) in [5.74, 6) is -1.23. The molecule has 166 valence electrons. The smallest absolute Gasteiger partial charge is 0.338 e. The minimum absolute atomic E-state index is 0.152. The second-order valence-corrected chi connectivity index (χ2v) is 9.01. The fourth-order valence-corrected chi connectivity index (χ4v) is 4.72. The number of imide groups is 1. The highest BCUT2D eigenvalue weighted by Gasteiger charge is 2.49. The Balaban J connectivity index is 1.42. The fraction of sp³-hybridized carbons (Fsp3) is 0.385. The normalized spacial score (nSPS) is 22.6. The molecule has 2 fully saturated rings. The van der Waals surface area contributed by atoms with E-state index < -0.39 is 5.97 Å². The van der Waals surface area contributed by atoms with Crippen molar-refractivity contribution in [2.24, 2.45) is 17.8 Å². The van der Waals surface area contributed by atoms with Gasteiger partial charge in [0.25, 0.3) is 0 Å². The Hall–Kier alpha value is -3.28. The van der Waals surface area contributed by atoms with Crippen molar-refractivity contribution in [1.82, 2.24) is 0 Å². The van der Waals surface area contributed by atoms with Crippen LogP contribution in [0.2, 0.25) is 0 Å². The number of rotatable bonds is 5. The zero-order valence-corrected chi connectivity index (χ0v) is 18.6. The summed E-state index contributed by atoms with van der Waals surface area (Å²) < 4.78 is 5.20. The number of ether oxygens (including phenoxy) is 1. The predicted octanol–water partition coefficient (Wildman–Crippen LogP) is 4.27. The quantitative estimate of drug-likeness (QED) is 0.400. The first-order chi connectivity index (χ1) is 15.3. The Morgan fingerprint density at radius 1 is 0.969 bits per heavy atom. The summed E-state index contributed by atoms with van der Waals surface area (Å²) in [6.07, 6.45) is 2.44. The molecule has 6 nitrogen and oxygen atoms in total. The number of hydrogen-bond acceptors (Lipinski definition) is 5. The molecule has 2 aromatic carbocycles. The summed E-state index contributed by atoms with van der Waals surface area (Å²) in [4.78, 5) is 51.8. The van der Waals surface area contributed by atoms with Crippen LogP contribution in [0.3, 0.4) is 0 Å². The summed E-state index contributed by atoms with van der Waals surface area (Å²) >= 11 is 0. The third-order valence-electron chi connectivity index (χ3n) is 6.58. The lowest BCUT2D eigenvalue weighted by Crippen LogP contribution is -2.30. The molecule has 0 radical (unpaired) electrons. The first-order valence-electron chi connectivity index (χ1n) is 11.0. The average Bonchev–Trinajstić information content (AvgIpc) is 3.03. The minimum Gasteiger partial charge on any atom is -0.454 e. The molecule has 0 bridgehead atoms. The van der Waals surface area contributed by atoms with Crippen molar-refractivity contribution < 1.29 is 23.9 Å². The number of Topliss-reactive ketones (excluding diaryl/α,β-unsaturated/α-hetero) is 1. The SMILES string of the molecule is Cc1ccc(C)c(C(=O)COC(=O)c2ccc(N3C(=O)C4CCC(C)CC4C3=O)cc2)c1. The maximum Gasteiger partial charge on any atom is 0.338 e. The lowest BCUT2D eigenvalue weighted by molar-refractivity contribution is -0.122. The molecule has 1 aliphatic carbocycles. The highest BCUT2D eigenvalue weighted by Crippen LogP contribution is 2.42. The third kappa shape index (κ3) is 4.09. The van der Waals surface area contributed by atoms with Crippen molar-refractivity contribution in [1.29, 1.82) is 0 Å². The molecule has 1 saturated carbocycles. The Bertz CT molecular complexity index is 1090. The van der Waals surface area contributed by atoms with Crippen LogP contribution in [0.4, 0.5) is 5.69 Å². The van der Waals surface area contributed by atoms with Crippen molar-refractivity contribution >= 4 is 29.3 Å². The standard InChI is InChI=1S/C26H27NO5/c1-15-4-6-17(3)21(12-15)23(28)14-32-26(31)18-7-9-19(10-8-18)27-24(29)20-11-5-16(2)13-22(20)25(27)30/h4,6-10,12,16,20,22H,5,11,13-14H2,1-3H3. The maximum atomic E-state index is 12.9. The fourth-order valence-electron chi connectivity index (χ4n) is 4.72. The highest BCUT2D eigenvalue weighted by atomic mass is 16.5. The summed E-state index contributed by atoms with van der Waals surface area (Å²) in [5, 5.41) is 0. The van der Waals surface area contributed by atoms with Gasteiger partial charge in [-0.2, -0.15) is 0 Å². The van der Waals surface area contributed by atoms with Crippen LogP contribution in [-0.4, -0.2) is 30.2 Å². The molecule has 1 aliphatic heterocycles. The Morgan fingerprint density at radius 3 is 2.38 bits per heavy atom. The summed E-state index contributed by atoms with van der Waals surface area (Å²) in [6.45, 7) is 5.50. The van der Waals surface area contributed by atoms with Crippen LogP contribution in [0.5, 0.6) is 0 Å². The predicted molar refractivity (Wildman–Crippen MR) is 119 cm³/mol. The molecular formula is C26H27NO5. The van der Waals surface area contributed by atoms with E-state index in [1.54, 1.807) is 18.2 Å². The van der Waals surface area contributed by atoms with Gasteiger partial charge < -0.3 is 4.74 Å². The van der Waals surface area contributed by atoms with E-state index in [0.29, 0.717) is 17.2 Å². The molecule has 2 aromatic rings. The number of hydrogen-bond donors (Lipinski definition) is 0. The zero-order chi connectivity index (χ0) is 23.0. The van der Waals surface area contributed by atoms with E-state index in [0.717, 1.165) is 30.4 Å². The topological polar surface area (TPSA) is 80.8 Å². The summed E-state index contributed by atoms with van der Waals surface area (Å²) in [5.41, 5.74) is 3.05. The van der Waals surface area contributed by atoms with E-state index in [9.17, 15) is 19.2 Å². The third-order valence-corrected chi connectivity index (χ3v) is 6.58. The van der Waals surface area contributed by atoms with Crippen molar-refractivity contribution in [2.75, 3.05) is 11.5 Å². The molecular weight excluding hydrogens is 406 g/mol. The van der Waals surface area contributed by atoms with E-state index >= 15 is 0 Å². The van der Waals surface area contributed by atoms with E-state index in [4.69, 9.17) is 4.74 Å². The second-order valence-electron chi connectivity index (χ2n) is 9.01. The first kappa shape index (κ1) is 21.9. The van der Waals surface area contributed by atoms with E-state index in [2.05, 4.69) is 6.92 Å². The van der Waals surface area contributed by atoms with Gasteiger partial charge in [-0.1, -0.05) is 24.6 Å². The van der Waals surface area contributed by atoms with Crippen LogP contribution in [0.1, 0.15) is 58.0 Å². The zero-order valence-electron chi connectivity index (χ0n) is 18.6. The van der Waals surface area contributed by atoms with Crippen LogP contribution < -0.4 is 4.90 Å². The molecule has 2 amide bonds. The Labute approximate surface area is 187 Å². The molecule has 0 spiro atoms. The lowest BCUT2D eigenvalue weighted by Gasteiger charge is -2.25. The molecule has 1 heterocycles. The maximum absolute atomic E-state index is 12.9. The van der Waals surface area contributed by atoms with Crippen molar-refractivity contribution in [3.8, 4) is 0 Å². The number of carbonyl (C=O) groups excluding carboxylic acids is 4. The number of esters is 1. The van der Waals surface area contributed by atoms with Crippen molar-refractivity contribution in [3.05, 3.63) is 64.7 Å². The summed E-state index contributed by atoms with van der Waals surface area (Å²) in [6, 6.07) is 11.8. The molecule has 1 saturated heterocycles. The number of fused-ring (bicyclic) bond motifs is 1. The van der Waals surface area contributed by atoms with Gasteiger partial charge in [-0.05, 0) is 74.9 Å². The van der Waals surface area contributed by atoms with Crippen molar-refractivity contribution in [2.45, 2.75) is 40.0 Å². The molecule has 2 aliphatic rings. The molecule has 3 atom stereocenters. The van der Waals surface area contributed by atoms with Gasteiger partial charge in [0, 0.05) is 5.56 Å². The number of benzene rings is 2. The largest absolute Gasteiger partial charge is 0.454 e. The number of ketones is 1. The van der Waals surface area contributed by atoms with Gasteiger partial charge in [0.15, 0.2) is 6.61 Å². The number of anilines is 1. The molecule has 32 heavy (non-hydrogen) atoms. The van der Waals surface area contributed by atoms with Crippen LogP contribution in [0.15, 0.2) is 42.5 Å². The Morgan fingerprint density at radius 2 is 1.66 bits per heavy atom. The molecule has 0 aromatic heterocycles. The second kappa shape index (κ2) is 8.69. The number of aryl methyl sites for hydroxylation is 2. The van der Waals surface area contributed by atoms with Gasteiger partial charge in [0.2, 0.25) is 17.6 Å². The molecule has 0 N–H and O–H groups in total. The van der Waals surface area contributed by atoms with Gasteiger partial charge in [-0.3, -0.25) is 19.3 Å². The first-order valence-corrected chi connectivity index (χ1v) is 11.0. The van der Waals surface area contributed by atoms with E-state index in [-0.39, 0.29) is 41.6 Å². The van der Waals surface area contributed by atoms with Crippen LogP contribution in [-0.2, 0) is 14.3 Å². The lowest BCUT2D eigenvalue weighted by atomic mass is 9.76. The van der Waals surface area contributed by atoms with Gasteiger partial charge in [-0.25, -0.2) is 4.79 Å².